The lowest BCUT2D eigenvalue weighted by atomic mass is 10.1. The number of hydrogen-bond acceptors (Lipinski definition) is 5. The van der Waals surface area contributed by atoms with E-state index in [9.17, 15) is 9.59 Å². The molecule has 0 saturated heterocycles. The van der Waals surface area contributed by atoms with Crippen LogP contribution in [0.3, 0.4) is 0 Å². The molecule has 1 aliphatic rings. The number of carbonyl (C=O) groups excluding carboxylic acids is 2. The summed E-state index contributed by atoms with van der Waals surface area (Å²) in [6, 6.07) is 18.2. The van der Waals surface area contributed by atoms with Crippen LogP contribution in [0.15, 0.2) is 70.9 Å². The van der Waals surface area contributed by atoms with E-state index < -0.39 is 0 Å². The maximum Gasteiger partial charge on any atom is 0.337 e. The van der Waals surface area contributed by atoms with Crippen LogP contribution < -0.4 is 9.47 Å². The number of ether oxygens (including phenoxy) is 3. The summed E-state index contributed by atoms with van der Waals surface area (Å²) in [6.07, 6.45) is 1.73. The first-order valence-corrected chi connectivity index (χ1v) is 10.4. The molecule has 0 spiro atoms. The number of rotatable bonds is 5. The number of carbonyl (C=O) groups is 2. The van der Waals surface area contributed by atoms with Crippen LogP contribution in [0.1, 0.15) is 37.4 Å². The van der Waals surface area contributed by atoms with Gasteiger partial charge in [0.05, 0.1) is 18.2 Å². The lowest BCUT2D eigenvalue weighted by molar-refractivity contribution is 0.0600. The lowest BCUT2D eigenvalue weighted by Gasteiger charge is -2.12. The van der Waals surface area contributed by atoms with E-state index >= 15 is 0 Å². The summed E-state index contributed by atoms with van der Waals surface area (Å²) < 4.78 is 17.5. The van der Waals surface area contributed by atoms with Gasteiger partial charge in [-0.25, -0.2) is 4.79 Å². The summed E-state index contributed by atoms with van der Waals surface area (Å²) >= 11 is 3.40. The number of methoxy groups -OCH3 is 1. The van der Waals surface area contributed by atoms with E-state index in [2.05, 4.69) is 15.9 Å². The Morgan fingerprint density at radius 3 is 2.42 bits per heavy atom. The van der Waals surface area contributed by atoms with E-state index in [-0.39, 0.29) is 17.5 Å². The molecule has 0 radical (unpaired) electrons. The van der Waals surface area contributed by atoms with Gasteiger partial charge in [-0.1, -0.05) is 40.2 Å². The summed E-state index contributed by atoms with van der Waals surface area (Å²) in [6.45, 7) is 2.18. The summed E-state index contributed by atoms with van der Waals surface area (Å²) in [5.74, 6) is 0.915. The van der Waals surface area contributed by atoms with E-state index in [1.165, 1.54) is 7.11 Å². The quantitative estimate of drug-likeness (QED) is 0.345. The summed E-state index contributed by atoms with van der Waals surface area (Å²) in [7, 11) is 1.35. The van der Waals surface area contributed by atoms with Gasteiger partial charge in [0.25, 0.3) is 0 Å². The molecule has 1 heterocycles. The van der Waals surface area contributed by atoms with Gasteiger partial charge in [0.15, 0.2) is 5.76 Å². The second-order valence-corrected chi connectivity index (χ2v) is 7.95. The predicted octanol–water partition coefficient (Wildman–Crippen LogP) is 5.74. The number of allylic oxidation sites excluding steroid dienone is 1. The van der Waals surface area contributed by atoms with Crippen LogP contribution in [0.4, 0.5) is 0 Å². The Labute approximate surface area is 188 Å². The Hall–Kier alpha value is -3.38. The van der Waals surface area contributed by atoms with Crippen molar-refractivity contribution in [1.29, 1.82) is 0 Å². The largest absolute Gasteiger partial charge is 0.488 e. The van der Waals surface area contributed by atoms with Crippen LogP contribution >= 0.6 is 15.9 Å². The Bertz CT molecular complexity index is 1180. The molecule has 0 saturated carbocycles. The lowest BCUT2D eigenvalue weighted by Crippen LogP contribution is -2.02. The Morgan fingerprint density at radius 1 is 1.03 bits per heavy atom. The van der Waals surface area contributed by atoms with Gasteiger partial charge in [-0.3, -0.25) is 4.79 Å². The van der Waals surface area contributed by atoms with Crippen molar-refractivity contribution < 1.29 is 23.8 Å². The van der Waals surface area contributed by atoms with Gasteiger partial charge in [-0.2, -0.15) is 0 Å². The zero-order valence-electron chi connectivity index (χ0n) is 17.0. The highest BCUT2D eigenvalue weighted by atomic mass is 79.9. The van der Waals surface area contributed by atoms with Crippen molar-refractivity contribution in [3.8, 4) is 11.5 Å². The SMILES string of the molecule is COC(=O)c1ccc(COc2ccc3c(c2C)O/C(=C\c2ccc(Br)cc2)C3=O)cc1. The van der Waals surface area contributed by atoms with E-state index in [0.717, 1.165) is 21.2 Å². The highest BCUT2D eigenvalue weighted by Gasteiger charge is 2.30. The molecule has 0 atom stereocenters. The maximum atomic E-state index is 12.7. The average molecular weight is 479 g/mol. The van der Waals surface area contributed by atoms with Gasteiger partial charge in [-0.15, -0.1) is 0 Å². The zero-order valence-corrected chi connectivity index (χ0v) is 18.6. The summed E-state index contributed by atoms with van der Waals surface area (Å²) in [4.78, 5) is 24.3. The average Bonchev–Trinajstić information content (AvgIpc) is 3.11. The molecule has 5 nitrogen and oxygen atoms in total. The minimum atomic E-state index is -0.379. The van der Waals surface area contributed by atoms with E-state index in [1.807, 2.05) is 43.3 Å². The topological polar surface area (TPSA) is 61.8 Å². The molecule has 31 heavy (non-hydrogen) atoms. The second-order valence-electron chi connectivity index (χ2n) is 7.03. The number of Topliss-reactive ketones (excluding diaryl/α,β-unsaturated/α-hetero) is 1. The molecule has 3 aromatic rings. The Balaban J connectivity index is 1.50. The third kappa shape index (κ3) is 4.39. The highest BCUT2D eigenvalue weighted by molar-refractivity contribution is 9.10. The number of hydrogen-bond donors (Lipinski definition) is 0. The molecule has 0 unspecified atom stereocenters. The Morgan fingerprint density at radius 2 is 1.74 bits per heavy atom. The second kappa shape index (κ2) is 8.78. The molecule has 156 valence electrons. The maximum absolute atomic E-state index is 12.7. The van der Waals surface area contributed by atoms with Crippen molar-refractivity contribution in [3.05, 3.63) is 98.7 Å². The fraction of sp³-hybridized carbons (Fsp3) is 0.120. The van der Waals surface area contributed by atoms with Crippen LogP contribution in [0, 0.1) is 6.92 Å². The minimum Gasteiger partial charge on any atom is -0.488 e. The first-order valence-electron chi connectivity index (χ1n) is 9.59. The van der Waals surface area contributed by atoms with Gasteiger partial charge in [0.2, 0.25) is 5.78 Å². The van der Waals surface area contributed by atoms with Crippen LogP contribution in [-0.4, -0.2) is 18.9 Å². The van der Waals surface area contributed by atoms with E-state index in [0.29, 0.717) is 29.2 Å². The number of halogens is 1. The van der Waals surface area contributed by atoms with Crippen LogP contribution in [0.2, 0.25) is 0 Å². The normalized spacial score (nSPS) is 13.6. The van der Waals surface area contributed by atoms with Crippen molar-refractivity contribution in [1.82, 2.24) is 0 Å². The third-order valence-electron chi connectivity index (χ3n) is 4.97. The standard InChI is InChI=1S/C25H19BrO5/c1-15-21(30-14-17-3-7-18(8-4-17)25(28)29-2)12-11-20-23(27)22(31-24(15)20)13-16-5-9-19(26)10-6-16/h3-13H,14H2,1-2H3/b22-13-. The molecular weight excluding hydrogens is 460 g/mol. The molecule has 0 N–H and O–H groups in total. The van der Waals surface area contributed by atoms with Gasteiger partial charge < -0.3 is 14.2 Å². The number of esters is 1. The molecule has 1 aliphatic heterocycles. The van der Waals surface area contributed by atoms with Crippen LogP contribution in [0.5, 0.6) is 11.5 Å². The Kier molecular flexibility index (Phi) is 5.91. The van der Waals surface area contributed by atoms with Crippen molar-refractivity contribution in [2.45, 2.75) is 13.5 Å². The van der Waals surface area contributed by atoms with Gasteiger partial charge in [-0.05, 0) is 60.5 Å². The molecule has 0 aromatic heterocycles. The van der Waals surface area contributed by atoms with Crippen molar-refractivity contribution in [2.24, 2.45) is 0 Å². The minimum absolute atomic E-state index is 0.147. The van der Waals surface area contributed by atoms with Crippen molar-refractivity contribution in [2.75, 3.05) is 7.11 Å². The molecule has 0 bridgehead atoms. The first kappa shape index (κ1) is 20.9. The predicted molar refractivity (Wildman–Crippen MR) is 120 cm³/mol. The third-order valence-corrected chi connectivity index (χ3v) is 5.50. The molecular formula is C25H19BrO5. The van der Waals surface area contributed by atoms with Crippen LogP contribution in [0.25, 0.3) is 6.08 Å². The summed E-state index contributed by atoms with van der Waals surface area (Å²) in [5.41, 5.74) is 3.55. The number of fused-ring (bicyclic) bond motifs is 1. The fourth-order valence-electron chi connectivity index (χ4n) is 3.25. The first-order chi connectivity index (χ1) is 15.0. The molecule has 0 amide bonds. The number of ketones is 1. The summed E-state index contributed by atoms with van der Waals surface area (Å²) in [5, 5.41) is 0. The smallest absolute Gasteiger partial charge is 0.337 e. The highest BCUT2D eigenvalue weighted by Crippen LogP contribution is 2.39. The van der Waals surface area contributed by atoms with Crippen molar-refractivity contribution >= 4 is 33.8 Å². The van der Waals surface area contributed by atoms with Gasteiger partial charge in [0, 0.05) is 10.0 Å². The molecule has 4 rings (SSSR count). The monoisotopic (exact) mass is 478 g/mol. The zero-order chi connectivity index (χ0) is 22.0. The van der Waals surface area contributed by atoms with Gasteiger partial charge in [0.1, 0.15) is 18.1 Å². The van der Waals surface area contributed by atoms with Crippen LogP contribution in [-0.2, 0) is 11.3 Å². The molecule has 3 aromatic carbocycles. The number of benzene rings is 3. The molecule has 6 heteroatoms. The van der Waals surface area contributed by atoms with Crippen molar-refractivity contribution in [3.63, 3.8) is 0 Å². The molecule has 0 fully saturated rings. The van der Waals surface area contributed by atoms with E-state index in [4.69, 9.17) is 14.2 Å². The van der Waals surface area contributed by atoms with E-state index in [1.54, 1.807) is 30.3 Å². The molecule has 0 aliphatic carbocycles. The fourth-order valence-corrected chi connectivity index (χ4v) is 3.52. The van der Waals surface area contributed by atoms with Gasteiger partial charge >= 0.3 is 5.97 Å².